The normalized spacial score (nSPS) is 25.4. The van der Waals surface area contributed by atoms with Crippen molar-refractivity contribution in [1.29, 1.82) is 0 Å². The Morgan fingerprint density at radius 3 is 2.59 bits per heavy atom. The van der Waals surface area contributed by atoms with Gasteiger partial charge in [0.1, 0.15) is 24.6 Å². The van der Waals surface area contributed by atoms with Gasteiger partial charge in [0.2, 0.25) is 0 Å². The van der Waals surface area contributed by atoms with Crippen LogP contribution in [-0.4, -0.2) is 59.8 Å². The van der Waals surface area contributed by atoms with Crippen LogP contribution in [0.5, 0.6) is 0 Å². The van der Waals surface area contributed by atoms with E-state index >= 15 is 0 Å². The fourth-order valence-electron chi connectivity index (χ4n) is 3.48. The summed E-state index contributed by atoms with van der Waals surface area (Å²) in [5.74, 6) is 0.538. The molecule has 1 aromatic carbocycles. The summed E-state index contributed by atoms with van der Waals surface area (Å²) in [5.41, 5.74) is 8.73. The zero-order valence-electron chi connectivity index (χ0n) is 15.9. The van der Waals surface area contributed by atoms with Crippen LogP contribution in [-0.2, 0) is 11.3 Å². The predicted octanol–water partition coefficient (Wildman–Crippen LogP) is 0.0696. The van der Waals surface area contributed by atoms with Gasteiger partial charge >= 0.3 is 0 Å². The molecular formula is C19H24N6O4. The number of imidazole rings is 1. The van der Waals surface area contributed by atoms with E-state index in [1.54, 1.807) is 0 Å². The molecule has 154 valence electrons. The molecule has 3 heterocycles. The van der Waals surface area contributed by atoms with Gasteiger partial charge in [-0.25, -0.2) is 15.0 Å². The van der Waals surface area contributed by atoms with Gasteiger partial charge in [-0.15, -0.1) is 0 Å². The monoisotopic (exact) mass is 400 g/mol. The van der Waals surface area contributed by atoms with Crippen LogP contribution >= 0.6 is 0 Å². The summed E-state index contributed by atoms with van der Waals surface area (Å²) in [6.45, 7) is 2.10. The van der Waals surface area contributed by atoms with Gasteiger partial charge in [0.25, 0.3) is 0 Å². The van der Waals surface area contributed by atoms with Crippen molar-refractivity contribution in [3.8, 4) is 0 Å². The summed E-state index contributed by atoms with van der Waals surface area (Å²) in [7, 11) is 0. The first-order valence-electron chi connectivity index (χ1n) is 9.39. The predicted molar refractivity (Wildman–Crippen MR) is 105 cm³/mol. The molecule has 3 aromatic rings. The second-order valence-corrected chi connectivity index (χ2v) is 7.09. The number of anilines is 1. The number of fused-ring (bicyclic) bond motifs is 1. The van der Waals surface area contributed by atoms with Crippen molar-refractivity contribution in [2.45, 2.75) is 44.1 Å². The highest BCUT2D eigenvalue weighted by molar-refractivity contribution is 5.82. The topological polar surface area (TPSA) is 152 Å². The molecule has 0 radical (unpaired) electrons. The number of aliphatic hydroxyl groups is 3. The van der Waals surface area contributed by atoms with Crippen molar-refractivity contribution in [3.05, 3.63) is 48.0 Å². The van der Waals surface area contributed by atoms with Crippen molar-refractivity contribution in [1.82, 2.24) is 19.5 Å². The summed E-state index contributed by atoms with van der Waals surface area (Å²) < 4.78 is 7.12. The maximum atomic E-state index is 10.3. The lowest BCUT2D eigenvalue weighted by Crippen LogP contribution is -2.33. The van der Waals surface area contributed by atoms with E-state index in [0.717, 1.165) is 11.1 Å². The number of hydrogen-bond acceptors (Lipinski definition) is 9. The SMILES string of the molecule is C[C@@H](Nc1ncnc2c1ncn2[C@@H]1O[C@H](CO)[C@@H](O)[C@H]1O)c1ccc(CN)cc1. The van der Waals surface area contributed by atoms with Crippen LogP contribution < -0.4 is 11.1 Å². The van der Waals surface area contributed by atoms with Crippen LogP contribution in [0, 0.1) is 0 Å². The summed E-state index contributed by atoms with van der Waals surface area (Å²) in [6, 6.07) is 7.95. The van der Waals surface area contributed by atoms with E-state index in [2.05, 4.69) is 20.3 Å². The minimum atomic E-state index is -1.21. The molecule has 0 amide bonds. The highest BCUT2D eigenvalue weighted by Gasteiger charge is 2.44. The molecule has 4 rings (SSSR count). The van der Waals surface area contributed by atoms with Gasteiger partial charge in [0.15, 0.2) is 23.2 Å². The first kappa shape index (κ1) is 19.7. The van der Waals surface area contributed by atoms with Crippen LogP contribution in [0.1, 0.15) is 30.3 Å². The Bertz CT molecular complexity index is 978. The van der Waals surface area contributed by atoms with Gasteiger partial charge in [-0.05, 0) is 18.1 Å². The lowest BCUT2D eigenvalue weighted by molar-refractivity contribution is -0.0511. The molecule has 1 saturated heterocycles. The number of rotatable bonds is 6. The minimum absolute atomic E-state index is 0.0426. The van der Waals surface area contributed by atoms with Gasteiger partial charge in [-0.1, -0.05) is 24.3 Å². The molecule has 2 aromatic heterocycles. The molecular weight excluding hydrogens is 376 g/mol. The second kappa shape index (κ2) is 8.01. The van der Waals surface area contributed by atoms with Gasteiger partial charge in [0.05, 0.1) is 19.0 Å². The standard InChI is InChI=1S/C19H24N6O4/c1-10(12-4-2-11(6-20)3-5-12)24-17-14-18(22-8-21-17)25(9-23-14)19-16(28)15(27)13(7-26)29-19/h2-5,8-10,13,15-16,19,26-28H,6-7,20H2,1H3,(H,21,22,24)/t10-,13-,15-,16-,19-/m1/s1. The highest BCUT2D eigenvalue weighted by atomic mass is 16.6. The third-order valence-electron chi connectivity index (χ3n) is 5.22. The van der Waals surface area contributed by atoms with Crippen molar-refractivity contribution in [2.75, 3.05) is 11.9 Å². The fraction of sp³-hybridized carbons (Fsp3) is 0.421. The Labute approximate surface area is 167 Å². The molecule has 1 aliphatic rings. The summed E-state index contributed by atoms with van der Waals surface area (Å²) >= 11 is 0. The van der Waals surface area contributed by atoms with Crippen molar-refractivity contribution in [3.63, 3.8) is 0 Å². The van der Waals surface area contributed by atoms with Crippen molar-refractivity contribution in [2.24, 2.45) is 5.73 Å². The van der Waals surface area contributed by atoms with E-state index < -0.39 is 31.1 Å². The van der Waals surface area contributed by atoms with E-state index in [1.807, 2.05) is 31.2 Å². The molecule has 10 nitrogen and oxygen atoms in total. The Hall–Kier alpha value is -2.63. The van der Waals surface area contributed by atoms with Gasteiger partial charge in [-0.3, -0.25) is 4.57 Å². The third-order valence-corrected chi connectivity index (χ3v) is 5.22. The number of benzene rings is 1. The van der Waals surface area contributed by atoms with Crippen molar-refractivity contribution < 1.29 is 20.1 Å². The number of aliphatic hydroxyl groups excluding tert-OH is 3. The zero-order valence-corrected chi connectivity index (χ0v) is 15.9. The molecule has 0 unspecified atom stereocenters. The smallest absolute Gasteiger partial charge is 0.167 e. The Kier molecular flexibility index (Phi) is 5.43. The van der Waals surface area contributed by atoms with E-state index in [9.17, 15) is 15.3 Å². The summed E-state index contributed by atoms with van der Waals surface area (Å²) in [4.78, 5) is 12.9. The number of nitrogens with two attached hydrogens (primary N) is 1. The van der Waals surface area contributed by atoms with Crippen LogP contribution in [0.25, 0.3) is 11.2 Å². The Morgan fingerprint density at radius 2 is 1.93 bits per heavy atom. The average Bonchev–Trinajstić information content (AvgIpc) is 3.30. The van der Waals surface area contributed by atoms with Crippen molar-refractivity contribution >= 4 is 17.0 Å². The molecule has 0 aliphatic carbocycles. The van der Waals surface area contributed by atoms with E-state index in [4.69, 9.17) is 10.5 Å². The molecule has 1 aliphatic heterocycles. The van der Waals surface area contributed by atoms with Crippen LogP contribution in [0.4, 0.5) is 5.82 Å². The van der Waals surface area contributed by atoms with E-state index in [-0.39, 0.29) is 6.04 Å². The third kappa shape index (κ3) is 3.56. The molecule has 0 saturated carbocycles. The maximum Gasteiger partial charge on any atom is 0.167 e. The fourth-order valence-corrected chi connectivity index (χ4v) is 3.48. The maximum absolute atomic E-state index is 10.3. The molecule has 0 spiro atoms. The molecule has 5 atom stereocenters. The number of hydrogen-bond donors (Lipinski definition) is 5. The number of nitrogens with one attached hydrogen (secondary N) is 1. The van der Waals surface area contributed by atoms with Gasteiger partial charge < -0.3 is 31.1 Å². The zero-order chi connectivity index (χ0) is 20.5. The lowest BCUT2D eigenvalue weighted by atomic mass is 10.1. The minimum Gasteiger partial charge on any atom is -0.394 e. The lowest BCUT2D eigenvalue weighted by Gasteiger charge is -2.17. The molecule has 0 bridgehead atoms. The number of aromatic nitrogens is 4. The largest absolute Gasteiger partial charge is 0.394 e. The average molecular weight is 400 g/mol. The quantitative estimate of drug-likeness (QED) is 0.387. The van der Waals surface area contributed by atoms with Crippen LogP contribution in [0.2, 0.25) is 0 Å². The van der Waals surface area contributed by atoms with Crippen LogP contribution in [0.3, 0.4) is 0 Å². The number of nitrogens with zero attached hydrogens (tertiary/aromatic N) is 4. The highest BCUT2D eigenvalue weighted by Crippen LogP contribution is 2.32. The molecule has 6 N–H and O–H groups in total. The molecule has 29 heavy (non-hydrogen) atoms. The Morgan fingerprint density at radius 1 is 1.17 bits per heavy atom. The van der Waals surface area contributed by atoms with Gasteiger partial charge in [-0.2, -0.15) is 0 Å². The molecule has 10 heteroatoms. The first-order chi connectivity index (χ1) is 14.0. The first-order valence-corrected chi connectivity index (χ1v) is 9.39. The van der Waals surface area contributed by atoms with Gasteiger partial charge in [0, 0.05) is 6.54 Å². The molecule has 1 fully saturated rings. The number of ether oxygens (including phenoxy) is 1. The van der Waals surface area contributed by atoms with E-state index in [0.29, 0.717) is 23.5 Å². The van der Waals surface area contributed by atoms with E-state index in [1.165, 1.54) is 17.2 Å². The Balaban J connectivity index is 1.60. The summed E-state index contributed by atoms with van der Waals surface area (Å²) in [5, 5.41) is 32.9. The van der Waals surface area contributed by atoms with Crippen LogP contribution in [0.15, 0.2) is 36.9 Å². The second-order valence-electron chi connectivity index (χ2n) is 7.09. The summed E-state index contributed by atoms with van der Waals surface area (Å²) in [6.07, 6.45) is -1.31.